The van der Waals surface area contributed by atoms with E-state index in [2.05, 4.69) is 15.2 Å². The highest BCUT2D eigenvalue weighted by Gasteiger charge is 2.23. The monoisotopic (exact) mass is 509 g/mol. The standard InChI is InChI=1S/C28H23N5O5/c1-37-20-14-12-18(13-15-20)23-25(30-21(34)16-38-28(29)36)31-26-22(17-8-4-2-5-9-17)24(32-33(26)27(23)35)19-10-6-3-7-11-19/h2-15,32H,16H2,1H3,(H2,29,36)(H,30,34). The quantitative estimate of drug-likeness (QED) is 0.302. The van der Waals surface area contributed by atoms with E-state index in [0.29, 0.717) is 28.2 Å². The van der Waals surface area contributed by atoms with Gasteiger partial charge < -0.3 is 20.5 Å². The molecule has 4 N–H and O–H groups in total. The molecular weight excluding hydrogens is 486 g/mol. The summed E-state index contributed by atoms with van der Waals surface area (Å²) in [5, 5.41) is 5.83. The molecule has 0 saturated carbocycles. The first-order chi connectivity index (χ1) is 18.5. The summed E-state index contributed by atoms with van der Waals surface area (Å²) in [5.74, 6) is -0.0927. The van der Waals surface area contributed by atoms with Gasteiger partial charge in [0.05, 0.1) is 23.9 Å². The Kier molecular flexibility index (Phi) is 6.60. The summed E-state index contributed by atoms with van der Waals surface area (Å²) in [5.41, 5.74) is 8.54. The van der Waals surface area contributed by atoms with Gasteiger partial charge in [0.1, 0.15) is 11.6 Å². The number of nitrogens with zero attached hydrogens (tertiary/aromatic N) is 2. The van der Waals surface area contributed by atoms with E-state index in [1.807, 2.05) is 60.7 Å². The smallest absolute Gasteiger partial charge is 0.405 e. The van der Waals surface area contributed by atoms with Crippen molar-refractivity contribution in [1.82, 2.24) is 14.6 Å². The van der Waals surface area contributed by atoms with Crippen LogP contribution in [0.4, 0.5) is 10.6 Å². The molecule has 2 amide bonds. The average Bonchev–Trinajstić information content (AvgIpc) is 3.33. The highest BCUT2D eigenvalue weighted by atomic mass is 16.5. The minimum absolute atomic E-state index is 0.00836. The predicted octanol–water partition coefficient (Wildman–Crippen LogP) is 4.07. The summed E-state index contributed by atoms with van der Waals surface area (Å²) in [6, 6.07) is 25.9. The number of benzene rings is 3. The van der Waals surface area contributed by atoms with Gasteiger partial charge in [-0.15, -0.1) is 0 Å². The average molecular weight is 510 g/mol. The molecule has 38 heavy (non-hydrogen) atoms. The summed E-state index contributed by atoms with van der Waals surface area (Å²) < 4.78 is 11.2. The van der Waals surface area contributed by atoms with Crippen molar-refractivity contribution in [2.24, 2.45) is 5.73 Å². The van der Waals surface area contributed by atoms with Crippen LogP contribution in [-0.2, 0) is 9.53 Å². The first-order valence-electron chi connectivity index (χ1n) is 11.6. The summed E-state index contributed by atoms with van der Waals surface area (Å²) in [4.78, 5) is 42.3. The SMILES string of the molecule is COc1ccc(-c2c(NC(=O)COC(N)=O)nc3c(-c4ccccc4)c(-c4ccccc4)[nH]n3c2=O)cc1. The number of hydrogen-bond donors (Lipinski definition) is 3. The number of nitrogens with one attached hydrogen (secondary N) is 2. The molecule has 0 bridgehead atoms. The molecule has 0 atom stereocenters. The van der Waals surface area contributed by atoms with Crippen LogP contribution in [0, 0.1) is 0 Å². The van der Waals surface area contributed by atoms with E-state index in [9.17, 15) is 14.4 Å². The predicted molar refractivity (Wildman–Crippen MR) is 143 cm³/mol. The number of aromatic nitrogens is 3. The molecule has 10 heteroatoms. The van der Waals surface area contributed by atoms with Gasteiger partial charge >= 0.3 is 6.09 Å². The van der Waals surface area contributed by atoms with Gasteiger partial charge in [-0.3, -0.25) is 14.7 Å². The van der Waals surface area contributed by atoms with Gasteiger partial charge in [0.15, 0.2) is 12.3 Å². The largest absolute Gasteiger partial charge is 0.497 e. The van der Waals surface area contributed by atoms with Crippen molar-refractivity contribution in [3.05, 3.63) is 95.3 Å². The number of anilines is 1. The Morgan fingerprint density at radius 1 is 0.895 bits per heavy atom. The Morgan fingerprint density at radius 2 is 1.50 bits per heavy atom. The second-order valence-electron chi connectivity index (χ2n) is 8.28. The third kappa shape index (κ3) is 4.70. The summed E-state index contributed by atoms with van der Waals surface area (Å²) >= 11 is 0. The van der Waals surface area contributed by atoms with E-state index >= 15 is 0 Å². The third-order valence-electron chi connectivity index (χ3n) is 5.89. The molecule has 0 spiro atoms. The topological polar surface area (TPSA) is 141 Å². The summed E-state index contributed by atoms with van der Waals surface area (Å²) in [6.07, 6.45) is -1.09. The second-order valence-corrected chi connectivity index (χ2v) is 8.28. The maximum Gasteiger partial charge on any atom is 0.405 e. The van der Waals surface area contributed by atoms with E-state index in [1.54, 1.807) is 24.3 Å². The Bertz CT molecular complexity index is 1680. The van der Waals surface area contributed by atoms with Crippen LogP contribution in [0.5, 0.6) is 5.75 Å². The normalized spacial score (nSPS) is 10.8. The highest BCUT2D eigenvalue weighted by molar-refractivity contribution is 5.97. The van der Waals surface area contributed by atoms with E-state index in [4.69, 9.17) is 15.5 Å². The summed E-state index contributed by atoms with van der Waals surface area (Å²) in [6.45, 7) is -0.633. The maximum atomic E-state index is 14.0. The lowest BCUT2D eigenvalue weighted by atomic mass is 10.0. The van der Waals surface area contributed by atoms with Crippen LogP contribution in [0.15, 0.2) is 89.7 Å². The lowest BCUT2D eigenvalue weighted by molar-refractivity contribution is -0.118. The van der Waals surface area contributed by atoms with Gasteiger partial charge in [-0.25, -0.2) is 9.78 Å². The maximum absolute atomic E-state index is 14.0. The van der Waals surface area contributed by atoms with Crippen molar-refractivity contribution in [2.75, 3.05) is 19.0 Å². The zero-order chi connectivity index (χ0) is 26.6. The van der Waals surface area contributed by atoms with Gasteiger partial charge in [-0.2, -0.15) is 4.52 Å². The number of hydrogen-bond acceptors (Lipinski definition) is 6. The van der Waals surface area contributed by atoms with Crippen molar-refractivity contribution in [3.8, 4) is 39.3 Å². The molecule has 0 radical (unpaired) electrons. The van der Waals surface area contributed by atoms with Gasteiger partial charge in [0, 0.05) is 5.56 Å². The second kappa shape index (κ2) is 10.3. The number of nitrogens with two attached hydrogens (primary N) is 1. The lowest BCUT2D eigenvalue weighted by Gasteiger charge is -2.12. The van der Waals surface area contributed by atoms with Crippen molar-refractivity contribution < 1.29 is 19.1 Å². The zero-order valence-electron chi connectivity index (χ0n) is 20.3. The number of methoxy groups -OCH3 is 1. The third-order valence-corrected chi connectivity index (χ3v) is 5.89. The molecule has 0 aliphatic heterocycles. The molecule has 2 aromatic heterocycles. The molecule has 0 saturated heterocycles. The fraction of sp³-hybridized carbons (Fsp3) is 0.0714. The van der Waals surface area contributed by atoms with Crippen molar-refractivity contribution >= 4 is 23.5 Å². The molecule has 3 aromatic carbocycles. The lowest BCUT2D eigenvalue weighted by Crippen LogP contribution is -2.26. The Balaban J connectivity index is 1.78. The first-order valence-corrected chi connectivity index (χ1v) is 11.6. The molecule has 5 aromatic rings. The number of ether oxygens (including phenoxy) is 2. The molecule has 0 fully saturated rings. The number of rotatable bonds is 7. The van der Waals surface area contributed by atoms with E-state index in [0.717, 1.165) is 11.1 Å². The number of aromatic amines is 1. The van der Waals surface area contributed by atoms with Crippen LogP contribution < -0.4 is 21.3 Å². The zero-order valence-corrected chi connectivity index (χ0v) is 20.3. The van der Waals surface area contributed by atoms with Crippen LogP contribution in [-0.4, -0.2) is 40.3 Å². The van der Waals surface area contributed by atoms with Gasteiger partial charge in [0.25, 0.3) is 11.5 Å². The molecular formula is C28H23N5O5. The minimum Gasteiger partial charge on any atom is -0.497 e. The number of primary amides is 1. The molecule has 2 heterocycles. The number of carbonyl (C=O) groups excluding carboxylic acids is 2. The van der Waals surface area contributed by atoms with Gasteiger partial charge in [-0.1, -0.05) is 72.8 Å². The van der Waals surface area contributed by atoms with Crippen LogP contribution in [0.3, 0.4) is 0 Å². The molecule has 5 rings (SSSR count). The van der Waals surface area contributed by atoms with Crippen LogP contribution >= 0.6 is 0 Å². The number of fused-ring (bicyclic) bond motifs is 1. The molecule has 0 unspecified atom stereocenters. The van der Waals surface area contributed by atoms with E-state index in [-0.39, 0.29) is 11.4 Å². The number of carbonyl (C=O) groups is 2. The van der Waals surface area contributed by atoms with Crippen LogP contribution in [0.25, 0.3) is 39.2 Å². The van der Waals surface area contributed by atoms with E-state index in [1.165, 1.54) is 11.6 Å². The van der Waals surface area contributed by atoms with Crippen LogP contribution in [0.1, 0.15) is 0 Å². The van der Waals surface area contributed by atoms with E-state index < -0.39 is 24.2 Å². The van der Waals surface area contributed by atoms with Crippen molar-refractivity contribution in [2.45, 2.75) is 0 Å². The molecule has 0 aliphatic carbocycles. The number of H-pyrrole nitrogens is 1. The fourth-order valence-electron chi connectivity index (χ4n) is 4.18. The van der Waals surface area contributed by atoms with Gasteiger partial charge in [0.2, 0.25) is 0 Å². The molecule has 190 valence electrons. The highest BCUT2D eigenvalue weighted by Crippen LogP contribution is 2.35. The molecule has 10 nitrogen and oxygen atoms in total. The minimum atomic E-state index is -1.09. The molecule has 0 aliphatic rings. The Hall–Kier alpha value is -5.38. The van der Waals surface area contributed by atoms with Crippen LogP contribution in [0.2, 0.25) is 0 Å². The summed E-state index contributed by atoms with van der Waals surface area (Å²) in [7, 11) is 1.54. The van der Waals surface area contributed by atoms with Gasteiger partial charge in [-0.05, 0) is 23.3 Å². The first kappa shape index (κ1) is 24.3. The Morgan fingerprint density at radius 3 is 2.11 bits per heavy atom. The fourth-order valence-corrected chi connectivity index (χ4v) is 4.18. The van der Waals surface area contributed by atoms with Crippen molar-refractivity contribution in [1.29, 1.82) is 0 Å². The van der Waals surface area contributed by atoms with Crippen molar-refractivity contribution in [3.63, 3.8) is 0 Å². The Labute approximate surface area is 216 Å². The number of amides is 2.